The van der Waals surface area contributed by atoms with E-state index in [1.165, 1.54) is 4.90 Å². The molecule has 3 aliphatic heterocycles. The summed E-state index contributed by atoms with van der Waals surface area (Å²) in [5, 5.41) is 2.67. The maximum Gasteiger partial charge on any atom is 0.416 e. The molecule has 6 heterocycles. The van der Waals surface area contributed by atoms with Crippen LogP contribution in [0.5, 0.6) is 11.6 Å². The van der Waals surface area contributed by atoms with Crippen LogP contribution >= 0.6 is 0 Å². The molecule has 0 aliphatic carbocycles. The third-order valence-electron chi connectivity index (χ3n) is 6.53. The highest BCUT2D eigenvalue weighted by molar-refractivity contribution is 5.95. The standard InChI is InChI=1S/C24H25N7O5/c1-34-21-5-2-16-22(28-21)17(6-7-25-16)30-10-8-29(9-11-30)12-15-13-31(24(33)36-15)19-4-3-18-23(26-19)27-20(32)14-35-18/h2-7,15H,8-14H2,1H3,(H,26,27,32)/t15-/m1/s1. The second kappa shape index (κ2) is 9.11. The van der Waals surface area contributed by atoms with E-state index in [0.29, 0.717) is 36.4 Å². The highest BCUT2D eigenvalue weighted by Crippen LogP contribution is 2.30. The van der Waals surface area contributed by atoms with Crippen LogP contribution in [-0.4, -0.2) is 90.9 Å². The minimum Gasteiger partial charge on any atom is -0.481 e. The van der Waals surface area contributed by atoms with Gasteiger partial charge in [0.2, 0.25) is 5.88 Å². The van der Waals surface area contributed by atoms with Gasteiger partial charge in [-0.2, -0.15) is 0 Å². The first kappa shape index (κ1) is 22.3. The van der Waals surface area contributed by atoms with Gasteiger partial charge in [0.25, 0.3) is 5.91 Å². The minimum atomic E-state index is -0.447. The Morgan fingerprint density at radius 2 is 1.94 bits per heavy atom. The zero-order chi connectivity index (χ0) is 24.6. The van der Waals surface area contributed by atoms with Crippen LogP contribution in [0.25, 0.3) is 11.0 Å². The topological polar surface area (TPSA) is 122 Å². The fraction of sp³-hybridized carbons (Fsp3) is 0.375. The molecule has 0 spiro atoms. The van der Waals surface area contributed by atoms with Gasteiger partial charge in [0.1, 0.15) is 17.4 Å². The zero-order valence-corrected chi connectivity index (χ0v) is 19.7. The van der Waals surface area contributed by atoms with E-state index < -0.39 is 6.09 Å². The second-order valence-electron chi connectivity index (χ2n) is 8.81. The Morgan fingerprint density at radius 1 is 1.08 bits per heavy atom. The first-order valence-electron chi connectivity index (χ1n) is 11.8. The SMILES string of the molecule is COc1ccc2nccc(N3CCN(C[C@@H]4CN(c5ccc6c(n5)NC(=O)CO6)C(=O)O4)CC3)c2n1. The minimum absolute atomic E-state index is 0.0444. The first-order chi connectivity index (χ1) is 17.6. The number of piperazine rings is 1. The number of anilines is 3. The van der Waals surface area contributed by atoms with Crippen LogP contribution in [0.15, 0.2) is 36.5 Å². The average Bonchev–Trinajstić information content (AvgIpc) is 3.27. The lowest BCUT2D eigenvalue weighted by Crippen LogP contribution is -2.49. The van der Waals surface area contributed by atoms with E-state index in [1.807, 2.05) is 18.2 Å². The Kier molecular flexibility index (Phi) is 5.64. The number of carbonyl (C=O) groups excluding carboxylic acids is 2. The molecule has 0 radical (unpaired) electrons. The molecule has 3 aromatic heterocycles. The summed E-state index contributed by atoms with van der Waals surface area (Å²) < 4.78 is 16.3. The maximum absolute atomic E-state index is 12.6. The van der Waals surface area contributed by atoms with Crippen LogP contribution < -0.4 is 24.6 Å². The summed E-state index contributed by atoms with van der Waals surface area (Å²) >= 11 is 0. The lowest BCUT2D eigenvalue weighted by Gasteiger charge is -2.36. The lowest BCUT2D eigenvalue weighted by molar-refractivity contribution is -0.118. The van der Waals surface area contributed by atoms with E-state index in [9.17, 15) is 9.59 Å². The summed E-state index contributed by atoms with van der Waals surface area (Å²) in [5.74, 6) is 1.50. The normalized spacial score (nSPS) is 20.1. The van der Waals surface area contributed by atoms with Crippen LogP contribution in [0.2, 0.25) is 0 Å². The molecule has 3 aromatic rings. The van der Waals surface area contributed by atoms with Crippen molar-refractivity contribution in [2.24, 2.45) is 0 Å². The van der Waals surface area contributed by atoms with E-state index in [-0.39, 0.29) is 18.6 Å². The van der Waals surface area contributed by atoms with Crippen molar-refractivity contribution in [1.29, 1.82) is 0 Å². The van der Waals surface area contributed by atoms with Crippen molar-refractivity contribution in [2.45, 2.75) is 6.10 Å². The van der Waals surface area contributed by atoms with Crippen LogP contribution in [0.1, 0.15) is 0 Å². The van der Waals surface area contributed by atoms with E-state index in [4.69, 9.17) is 14.2 Å². The number of pyridine rings is 3. The molecule has 1 atom stereocenters. The lowest BCUT2D eigenvalue weighted by atomic mass is 10.2. The Hall–Kier alpha value is -4.19. The fourth-order valence-corrected chi connectivity index (χ4v) is 4.73. The Labute approximate surface area is 206 Å². The van der Waals surface area contributed by atoms with Gasteiger partial charge in [-0.15, -0.1) is 0 Å². The van der Waals surface area contributed by atoms with Gasteiger partial charge in [-0.1, -0.05) is 0 Å². The van der Waals surface area contributed by atoms with Gasteiger partial charge in [-0.3, -0.25) is 19.6 Å². The van der Waals surface area contributed by atoms with Crippen LogP contribution in [0.4, 0.5) is 22.1 Å². The largest absolute Gasteiger partial charge is 0.481 e. The predicted octanol–water partition coefficient (Wildman–Crippen LogP) is 1.51. The quantitative estimate of drug-likeness (QED) is 0.562. The predicted molar refractivity (Wildman–Crippen MR) is 131 cm³/mol. The molecular formula is C24H25N7O5. The molecule has 12 heteroatoms. The van der Waals surface area contributed by atoms with Gasteiger partial charge >= 0.3 is 6.09 Å². The second-order valence-corrected chi connectivity index (χ2v) is 8.81. The smallest absolute Gasteiger partial charge is 0.416 e. The number of hydrogen-bond acceptors (Lipinski definition) is 10. The molecular weight excluding hydrogens is 466 g/mol. The zero-order valence-electron chi connectivity index (χ0n) is 19.7. The summed E-state index contributed by atoms with van der Waals surface area (Å²) in [4.78, 5) is 43.7. The summed E-state index contributed by atoms with van der Waals surface area (Å²) in [6.45, 7) is 4.24. The van der Waals surface area contributed by atoms with Crippen LogP contribution in [0, 0.1) is 0 Å². The Morgan fingerprint density at radius 3 is 2.78 bits per heavy atom. The Balaban J connectivity index is 1.08. The van der Waals surface area contributed by atoms with Crippen molar-refractivity contribution in [1.82, 2.24) is 19.9 Å². The Bertz CT molecular complexity index is 1330. The number of rotatable bonds is 5. The molecule has 1 N–H and O–H groups in total. The molecule has 2 amide bonds. The monoisotopic (exact) mass is 491 g/mol. The highest BCUT2D eigenvalue weighted by Gasteiger charge is 2.35. The maximum atomic E-state index is 12.6. The van der Waals surface area contributed by atoms with Crippen LogP contribution in [-0.2, 0) is 9.53 Å². The van der Waals surface area contributed by atoms with Crippen molar-refractivity contribution in [2.75, 3.05) is 68.1 Å². The first-order valence-corrected chi connectivity index (χ1v) is 11.8. The summed E-state index contributed by atoms with van der Waals surface area (Å²) in [5.41, 5.74) is 2.69. The van der Waals surface area contributed by atoms with E-state index in [2.05, 4.69) is 30.1 Å². The van der Waals surface area contributed by atoms with Gasteiger partial charge in [0.15, 0.2) is 18.2 Å². The molecule has 0 unspecified atom stereocenters. The molecule has 186 valence electrons. The number of hydrogen-bond donors (Lipinski definition) is 1. The van der Waals surface area contributed by atoms with Gasteiger partial charge in [-0.25, -0.2) is 14.8 Å². The summed E-state index contributed by atoms with van der Waals surface area (Å²) in [6.07, 6.45) is 1.08. The molecule has 2 saturated heterocycles. The number of ether oxygens (including phenoxy) is 3. The number of cyclic esters (lactones) is 1. The molecule has 2 fully saturated rings. The van der Waals surface area contributed by atoms with Crippen LogP contribution in [0.3, 0.4) is 0 Å². The van der Waals surface area contributed by atoms with Gasteiger partial charge < -0.3 is 24.4 Å². The molecule has 36 heavy (non-hydrogen) atoms. The third-order valence-corrected chi connectivity index (χ3v) is 6.53. The van der Waals surface area contributed by atoms with Crippen molar-refractivity contribution in [3.8, 4) is 11.6 Å². The number of amides is 2. The number of nitrogens with one attached hydrogen (secondary N) is 1. The number of fused-ring (bicyclic) bond motifs is 2. The van der Waals surface area contributed by atoms with E-state index >= 15 is 0 Å². The van der Waals surface area contributed by atoms with E-state index in [0.717, 1.165) is 42.9 Å². The van der Waals surface area contributed by atoms with Crippen molar-refractivity contribution in [3.63, 3.8) is 0 Å². The molecule has 6 rings (SSSR count). The number of carbonyl (C=O) groups is 2. The molecule has 3 aliphatic rings. The number of aromatic nitrogens is 3. The van der Waals surface area contributed by atoms with Crippen molar-refractivity contribution in [3.05, 3.63) is 36.5 Å². The highest BCUT2D eigenvalue weighted by atomic mass is 16.6. The fourth-order valence-electron chi connectivity index (χ4n) is 4.73. The van der Waals surface area contributed by atoms with Gasteiger partial charge in [0.05, 0.1) is 24.9 Å². The van der Waals surface area contributed by atoms with Gasteiger partial charge in [0, 0.05) is 45.0 Å². The van der Waals surface area contributed by atoms with E-state index in [1.54, 1.807) is 25.4 Å². The third kappa shape index (κ3) is 4.19. The van der Waals surface area contributed by atoms with Crippen molar-refractivity contribution < 1.29 is 23.8 Å². The molecule has 0 aromatic carbocycles. The van der Waals surface area contributed by atoms with Crippen molar-refractivity contribution >= 4 is 40.4 Å². The number of nitrogens with zero attached hydrogens (tertiary/aromatic N) is 6. The molecule has 0 saturated carbocycles. The summed E-state index contributed by atoms with van der Waals surface area (Å²) in [7, 11) is 1.61. The van der Waals surface area contributed by atoms with Gasteiger partial charge in [-0.05, 0) is 24.3 Å². The molecule has 0 bridgehead atoms. The summed E-state index contributed by atoms with van der Waals surface area (Å²) in [6, 6.07) is 9.11. The molecule has 12 nitrogen and oxygen atoms in total. The number of methoxy groups -OCH3 is 1. The average molecular weight is 492 g/mol.